The molecule has 1 atom stereocenters. The summed E-state index contributed by atoms with van der Waals surface area (Å²) < 4.78 is 0. The molecule has 1 unspecified atom stereocenters. The van der Waals surface area contributed by atoms with Gasteiger partial charge in [0, 0.05) is 20.5 Å². The van der Waals surface area contributed by atoms with Crippen molar-refractivity contribution in [3.8, 4) is 0 Å². The molecule has 0 aliphatic rings. The third-order valence-corrected chi connectivity index (χ3v) is 1.61. The van der Waals surface area contributed by atoms with E-state index in [1.807, 2.05) is 0 Å². The minimum atomic E-state index is -1.21. The molecule has 5 N–H and O–H groups in total. The lowest BCUT2D eigenvalue weighted by atomic mass is 10.1. The summed E-state index contributed by atoms with van der Waals surface area (Å²) in [4.78, 5) is 32.4. The Labute approximate surface area is 92.7 Å². The standard InChI is InChI=1S/C8H16N4O4/c1-12(2)11-8(16)10-5(7(14)15)3-4-6(9)13/h5H,3-4H2,1-2H3,(H2,9,13)(H,14,15)(H2,10,11,16). The number of hydrazine groups is 1. The molecule has 3 amide bonds. The van der Waals surface area contributed by atoms with Crippen LogP contribution in [0.2, 0.25) is 0 Å². The molecular formula is C8H16N4O4. The molecule has 0 radical (unpaired) electrons. The fourth-order valence-electron chi connectivity index (χ4n) is 0.938. The number of nitrogens with one attached hydrogen (secondary N) is 2. The number of urea groups is 1. The average Bonchev–Trinajstić information content (AvgIpc) is 2.09. The van der Waals surface area contributed by atoms with Gasteiger partial charge in [-0.05, 0) is 6.42 Å². The number of primary amides is 1. The van der Waals surface area contributed by atoms with E-state index < -0.39 is 23.9 Å². The first-order valence-corrected chi connectivity index (χ1v) is 4.58. The largest absolute Gasteiger partial charge is 0.480 e. The Bertz CT molecular complexity index is 279. The van der Waals surface area contributed by atoms with E-state index in [2.05, 4.69) is 10.7 Å². The Balaban J connectivity index is 4.17. The molecule has 0 saturated heterocycles. The SMILES string of the molecule is CN(C)NC(=O)NC(CCC(N)=O)C(=O)O. The summed E-state index contributed by atoms with van der Waals surface area (Å²) >= 11 is 0. The van der Waals surface area contributed by atoms with Crippen LogP contribution < -0.4 is 16.5 Å². The normalized spacial score (nSPS) is 11.9. The van der Waals surface area contributed by atoms with Crippen LogP contribution in [0.5, 0.6) is 0 Å². The molecule has 0 heterocycles. The Morgan fingerprint density at radius 2 is 1.94 bits per heavy atom. The van der Waals surface area contributed by atoms with Crippen LogP contribution in [0.4, 0.5) is 4.79 Å². The van der Waals surface area contributed by atoms with Gasteiger partial charge in [0.25, 0.3) is 0 Å². The zero-order valence-corrected chi connectivity index (χ0v) is 9.19. The van der Waals surface area contributed by atoms with Crippen LogP contribution in [0, 0.1) is 0 Å². The fraction of sp³-hybridized carbons (Fsp3) is 0.625. The molecule has 8 heteroatoms. The van der Waals surface area contributed by atoms with Crippen LogP contribution in [-0.2, 0) is 9.59 Å². The van der Waals surface area contributed by atoms with Gasteiger partial charge in [-0.3, -0.25) is 10.2 Å². The molecule has 0 rings (SSSR count). The molecule has 0 aliphatic carbocycles. The molecule has 0 aromatic carbocycles. The van der Waals surface area contributed by atoms with Crippen molar-refractivity contribution in [2.75, 3.05) is 14.1 Å². The summed E-state index contributed by atoms with van der Waals surface area (Å²) in [5.74, 6) is -1.82. The second kappa shape index (κ2) is 6.62. The van der Waals surface area contributed by atoms with Gasteiger partial charge < -0.3 is 16.2 Å². The van der Waals surface area contributed by atoms with Gasteiger partial charge in [-0.1, -0.05) is 0 Å². The van der Waals surface area contributed by atoms with Gasteiger partial charge in [0.05, 0.1) is 0 Å². The highest BCUT2D eigenvalue weighted by atomic mass is 16.4. The third kappa shape index (κ3) is 6.60. The van der Waals surface area contributed by atoms with Gasteiger partial charge >= 0.3 is 12.0 Å². The summed E-state index contributed by atoms with van der Waals surface area (Å²) in [6, 6.07) is -1.78. The highest BCUT2D eigenvalue weighted by molar-refractivity contribution is 5.83. The van der Waals surface area contributed by atoms with Crippen LogP contribution in [0.1, 0.15) is 12.8 Å². The van der Waals surface area contributed by atoms with Crippen LogP contribution >= 0.6 is 0 Å². The van der Waals surface area contributed by atoms with Crippen molar-refractivity contribution in [3.05, 3.63) is 0 Å². The summed E-state index contributed by atoms with van der Waals surface area (Å²) in [6.07, 6.45) is -0.134. The molecule has 0 aromatic heterocycles. The van der Waals surface area contributed by atoms with E-state index in [0.29, 0.717) is 0 Å². The van der Waals surface area contributed by atoms with Gasteiger partial charge in [0.15, 0.2) is 0 Å². The molecule has 92 valence electrons. The summed E-state index contributed by atoms with van der Waals surface area (Å²) in [7, 11) is 3.16. The fourth-order valence-corrected chi connectivity index (χ4v) is 0.938. The molecule has 0 bridgehead atoms. The number of rotatable bonds is 6. The quantitative estimate of drug-likeness (QED) is 0.414. The van der Waals surface area contributed by atoms with Crippen molar-refractivity contribution in [1.29, 1.82) is 0 Å². The van der Waals surface area contributed by atoms with Gasteiger partial charge in [0.2, 0.25) is 5.91 Å². The second-order valence-corrected chi connectivity index (χ2v) is 3.38. The Morgan fingerprint density at radius 1 is 1.38 bits per heavy atom. The number of aliphatic carboxylic acids is 1. The zero-order valence-electron chi connectivity index (χ0n) is 9.19. The van der Waals surface area contributed by atoms with Crippen LogP contribution in [-0.4, -0.2) is 48.2 Å². The molecule has 0 fully saturated rings. The van der Waals surface area contributed by atoms with Crippen molar-refractivity contribution < 1.29 is 19.5 Å². The van der Waals surface area contributed by atoms with Crippen LogP contribution in [0.15, 0.2) is 0 Å². The number of carboxylic acid groups (broad SMARTS) is 1. The number of carbonyl (C=O) groups is 3. The first kappa shape index (κ1) is 14.2. The minimum absolute atomic E-state index is 0.0362. The van der Waals surface area contributed by atoms with Crippen LogP contribution in [0.3, 0.4) is 0 Å². The van der Waals surface area contributed by atoms with Gasteiger partial charge in [0.1, 0.15) is 6.04 Å². The zero-order chi connectivity index (χ0) is 12.7. The molecule has 0 aliphatic heterocycles. The Hall–Kier alpha value is -1.83. The highest BCUT2D eigenvalue weighted by Crippen LogP contribution is 1.97. The van der Waals surface area contributed by atoms with E-state index in [-0.39, 0.29) is 12.8 Å². The number of carbonyl (C=O) groups excluding carboxylic acids is 2. The van der Waals surface area contributed by atoms with Crippen LogP contribution in [0.25, 0.3) is 0 Å². The van der Waals surface area contributed by atoms with E-state index in [9.17, 15) is 14.4 Å². The Morgan fingerprint density at radius 3 is 2.31 bits per heavy atom. The summed E-state index contributed by atoms with van der Waals surface area (Å²) in [5.41, 5.74) is 7.20. The van der Waals surface area contributed by atoms with E-state index >= 15 is 0 Å². The first-order chi connectivity index (χ1) is 7.32. The highest BCUT2D eigenvalue weighted by Gasteiger charge is 2.20. The predicted octanol–water partition coefficient (Wildman–Crippen LogP) is -1.52. The van der Waals surface area contributed by atoms with Crippen molar-refractivity contribution in [2.45, 2.75) is 18.9 Å². The predicted molar refractivity (Wildman–Crippen MR) is 55.2 cm³/mol. The maximum atomic E-state index is 11.2. The lowest BCUT2D eigenvalue weighted by Crippen LogP contribution is -2.50. The van der Waals surface area contributed by atoms with Gasteiger partial charge in [-0.25, -0.2) is 14.6 Å². The molecule has 16 heavy (non-hydrogen) atoms. The van der Waals surface area contributed by atoms with Crippen molar-refractivity contribution in [1.82, 2.24) is 15.8 Å². The maximum Gasteiger partial charge on any atom is 0.330 e. The monoisotopic (exact) mass is 232 g/mol. The Kier molecular flexibility index (Phi) is 5.86. The van der Waals surface area contributed by atoms with Crippen molar-refractivity contribution in [2.24, 2.45) is 5.73 Å². The topological polar surface area (TPSA) is 125 Å². The molecular weight excluding hydrogens is 216 g/mol. The maximum absolute atomic E-state index is 11.2. The number of amides is 3. The summed E-state index contributed by atoms with van der Waals surface area (Å²) in [5, 5.41) is 12.3. The minimum Gasteiger partial charge on any atom is -0.480 e. The first-order valence-electron chi connectivity index (χ1n) is 4.58. The second-order valence-electron chi connectivity index (χ2n) is 3.38. The van der Waals surface area contributed by atoms with E-state index in [1.54, 1.807) is 14.1 Å². The van der Waals surface area contributed by atoms with Gasteiger partial charge in [-0.2, -0.15) is 0 Å². The number of nitrogens with two attached hydrogens (primary N) is 1. The smallest absolute Gasteiger partial charge is 0.330 e. The summed E-state index contributed by atoms with van der Waals surface area (Å²) in [6.45, 7) is 0. The average molecular weight is 232 g/mol. The lowest BCUT2D eigenvalue weighted by Gasteiger charge is -2.17. The molecule has 8 nitrogen and oxygen atoms in total. The van der Waals surface area contributed by atoms with Crippen molar-refractivity contribution in [3.63, 3.8) is 0 Å². The number of carboxylic acids is 1. The van der Waals surface area contributed by atoms with E-state index in [0.717, 1.165) is 0 Å². The number of hydrogen-bond acceptors (Lipinski definition) is 4. The van der Waals surface area contributed by atoms with Crippen molar-refractivity contribution >= 4 is 17.9 Å². The number of nitrogens with zero attached hydrogens (tertiary/aromatic N) is 1. The van der Waals surface area contributed by atoms with E-state index in [1.165, 1.54) is 5.01 Å². The van der Waals surface area contributed by atoms with Gasteiger partial charge in [-0.15, -0.1) is 0 Å². The van der Waals surface area contributed by atoms with E-state index in [4.69, 9.17) is 10.8 Å². The molecule has 0 aromatic rings. The molecule has 0 saturated carbocycles. The number of hydrogen-bond donors (Lipinski definition) is 4. The molecule has 0 spiro atoms. The third-order valence-electron chi connectivity index (χ3n) is 1.61. The lowest BCUT2D eigenvalue weighted by molar-refractivity contribution is -0.139.